The maximum Gasteiger partial charge on any atom is 0.0991 e. The van der Waals surface area contributed by atoms with E-state index in [1.165, 1.54) is 24.9 Å². The minimum Gasteiger partial charge on any atom is -0.370 e. The topological polar surface area (TPSA) is 39.1 Å². The molecule has 2 unspecified atom stereocenters. The van der Waals surface area contributed by atoms with Gasteiger partial charge in [-0.25, -0.2) is 0 Å². The van der Waals surface area contributed by atoms with Gasteiger partial charge in [0.1, 0.15) is 0 Å². The van der Waals surface area contributed by atoms with Gasteiger partial charge in [0.2, 0.25) is 0 Å². The van der Waals surface area contributed by atoms with Gasteiger partial charge in [-0.3, -0.25) is 0 Å². The van der Waals surface area contributed by atoms with E-state index in [1.807, 2.05) is 12.1 Å². The summed E-state index contributed by atoms with van der Waals surface area (Å²) in [5, 5.41) is 12.5. The average Bonchev–Trinajstić information content (AvgIpc) is 2.69. The molecule has 1 aromatic carbocycles. The number of nitrogens with one attached hydrogen (secondary N) is 1. The molecule has 2 aliphatic heterocycles. The Morgan fingerprint density at radius 3 is 2.65 bits per heavy atom. The molecule has 2 saturated heterocycles. The Balaban J connectivity index is 1.77. The van der Waals surface area contributed by atoms with Crippen LogP contribution in [-0.2, 0) is 0 Å². The number of anilines is 1. The number of fused-ring (bicyclic) bond motifs is 2. The van der Waals surface area contributed by atoms with Crippen molar-refractivity contribution in [1.29, 1.82) is 5.26 Å². The van der Waals surface area contributed by atoms with E-state index in [9.17, 15) is 0 Å². The minimum absolute atomic E-state index is 0.651. The van der Waals surface area contributed by atoms with Crippen LogP contribution in [0.3, 0.4) is 0 Å². The molecular formula is C14H17N3. The van der Waals surface area contributed by atoms with Crippen LogP contribution in [0.25, 0.3) is 0 Å². The number of rotatable bonds is 1. The number of nitriles is 1. The van der Waals surface area contributed by atoms with Gasteiger partial charge in [0, 0.05) is 30.9 Å². The van der Waals surface area contributed by atoms with Crippen molar-refractivity contribution in [2.45, 2.75) is 31.3 Å². The fourth-order valence-electron chi connectivity index (χ4n) is 2.92. The summed E-state index contributed by atoms with van der Waals surface area (Å²) < 4.78 is 0. The van der Waals surface area contributed by atoms with E-state index in [2.05, 4.69) is 28.4 Å². The highest BCUT2D eigenvalue weighted by atomic mass is 15.2. The first-order chi connectivity index (χ1) is 8.35. The van der Waals surface area contributed by atoms with Crippen molar-refractivity contribution in [3.63, 3.8) is 0 Å². The molecule has 0 spiro atoms. The molecule has 1 aromatic rings. The Bertz CT molecular complexity index is 432. The molecule has 88 valence electrons. The smallest absolute Gasteiger partial charge is 0.0991 e. The summed E-state index contributed by atoms with van der Waals surface area (Å²) in [7, 11) is 0. The molecule has 1 N–H and O–H groups in total. The Hall–Kier alpha value is -1.53. The number of nitrogens with zero attached hydrogens (tertiary/aromatic N) is 2. The van der Waals surface area contributed by atoms with E-state index >= 15 is 0 Å². The fraction of sp³-hybridized carbons (Fsp3) is 0.500. The molecule has 3 nitrogen and oxygen atoms in total. The van der Waals surface area contributed by atoms with Crippen molar-refractivity contribution >= 4 is 5.69 Å². The van der Waals surface area contributed by atoms with E-state index in [0.717, 1.165) is 24.7 Å². The monoisotopic (exact) mass is 227 g/mol. The van der Waals surface area contributed by atoms with Crippen LogP contribution >= 0.6 is 0 Å². The average molecular weight is 227 g/mol. The van der Waals surface area contributed by atoms with E-state index in [0.29, 0.717) is 6.04 Å². The van der Waals surface area contributed by atoms with Crippen molar-refractivity contribution in [2.24, 2.45) is 0 Å². The van der Waals surface area contributed by atoms with Crippen LogP contribution in [-0.4, -0.2) is 25.2 Å². The third-order valence-corrected chi connectivity index (χ3v) is 3.88. The summed E-state index contributed by atoms with van der Waals surface area (Å²) in [4.78, 5) is 2.44. The molecule has 3 rings (SSSR count). The largest absolute Gasteiger partial charge is 0.370 e. The quantitative estimate of drug-likeness (QED) is 0.796. The van der Waals surface area contributed by atoms with Crippen molar-refractivity contribution in [1.82, 2.24) is 5.32 Å². The summed E-state index contributed by atoms with van der Waals surface area (Å²) in [5.74, 6) is 0. The molecular weight excluding hydrogens is 210 g/mol. The predicted octanol–water partition coefficient (Wildman–Crippen LogP) is 1.89. The highest BCUT2D eigenvalue weighted by molar-refractivity contribution is 5.50. The van der Waals surface area contributed by atoms with Crippen LogP contribution in [0, 0.1) is 11.3 Å². The Morgan fingerprint density at radius 1 is 1.12 bits per heavy atom. The molecule has 2 aliphatic rings. The SMILES string of the molecule is N#Cc1ccc(N2CCC3CCC(C2)N3)cc1. The van der Waals surface area contributed by atoms with Gasteiger partial charge in [-0.1, -0.05) is 0 Å². The predicted molar refractivity (Wildman–Crippen MR) is 67.9 cm³/mol. The molecule has 3 heteroatoms. The lowest BCUT2D eigenvalue weighted by Gasteiger charge is -2.26. The van der Waals surface area contributed by atoms with Gasteiger partial charge >= 0.3 is 0 Å². The second-order valence-corrected chi connectivity index (χ2v) is 5.03. The maximum absolute atomic E-state index is 8.80. The Kier molecular flexibility index (Phi) is 2.74. The van der Waals surface area contributed by atoms with Crippen LogP contribution < -0.4 is 10.2 Å². The van der Waals surface area contributed by atoms with Gasteiger partial charge in [0.05, 0.1) is 11.6 Å². The van der Waals surface area contributed by atoms with Gasteiger partial charge in [0.15, 0.2) is 0 Å². The molecule has 2 atom stereocenters. The second-order valence-electron chi connectivity index (χ2n) is 5.03. The van der Waals surface area contributed by atoms with Crippen molar-refractivity contribution in [3.05, 3.63) is 29.8 Å². The summed E-state index contributed by atoms with van der Waals surface area (Å²) in [6, 6.07) is 11.5. The van der Waals surface area contributed by atoms with E-state index in [4.69, 9.17) is 5.26 Å². The van der Waals surface area contributed by atoms with Crippen LogP contribution in [0.1, 0.15) is 24.8 Å². The highest BCUT2D eigenvalue weighted by Gasteiger charge is 2.29. The molecule has 0 aliphatic carbocycles. The van der Waals surface area contributed by atoms with E-state index in [-0.39, 0.29) is 0 Å². The number of hydrogen-bond acceptors (Lipinski definition) is 3. The zero-order chi connectivity index (χ0) is 11.7. The van der Waals surface area contributed by atoms with Gasteiger partial charge in [-0.2, -0.15) is 5.26 Å². The molecule has 2 fully saturated rings. The van der Waals surface area contributed by atoms with Crippen molar-refractivity contribution in [3.8, 4) is 6.07 Å². The van der Waals surface area contributed by atoms with Crippen LogP contribution in [0.4, 0.5) is 5.69 Å². The third-order valence-electron chi connectivity index (χ3n) is 3.88. The summed E-state index contributed by atoms with van der Waals surface area (Å²) in [5.41, 5.74) is 1.99. The molecule has 0 amide bonds. The molecule has 0 radical (unpaired) electrons. The van der Waals surface area contributed by atoms with Gasteiger partial charge < -0.3 is 10.2 Å². The first-order valence-electron chi connectivity index (χ1n) is 6.36. The van der Waals surface area contributed by atoms with E-state index in [1.54, 1.807) is 0 Å². The molecule has 2 heterocycles. The standard InChI is InChI=1S/C14H17N3/c15-9-11-1-5-14(6-2-11)17-8-7-12-3-4-13(10-17)16-12/h1-2,5-6,12-13,16H,3-4,7-8,10H2. The minimum atomic E-state index is 0.651. The highest BCUT2D eigenvalue weighted by Crippen LogP contribution is 2.24. The normalized spacial score (nSPS) is 27.6. The third kappa shape index (κ3) is 2.13. The molecule has 2 bridgehead atoms. The zero-order valence-electron chi connectivity index (χ0n) is 9.89. The van der Waals surface area contributed by atoms with Crippen molar-refractivity contribution in [2.75, 3.05) is 18.0 Å². The van der Waals surface area contributed by atoms with Gasteiger partial charge in [-0.05, 0) is 43.5 Å². The lowest BCUT2D eigenvalue weighted by molar-refractivity contribution is 0.563. The molecule has 17 heavy (non-hydrogen) atoms. The number of hydrogen-bond donors (Lipinski definition) is 1. The second kappa shape index (κ2) is 4.38. The lowest BCUT2D eigenvalue weighted by Crippen LogP contribution is -2.35. The summed E-state index contributed by atoms with van der Waals surface area (Å²) in [6.07, 6.45) is 3.87. The van der Waals surface area contributed by atoms with Crippen LogP contribution in [0.5, 0.6) is 0 Å². The van der Waals surface area contributed by atoms with E-state index < -0.39 is 0 Å². The Labute approximate surface area is 102 Å². The fourth-order valence-corrected chi connectivity index (χ4v) is 2.92. The first-order valence-corrected chi connectivity index (χ1v) is 6.36. The maximum atomic E-state index is 8.80. The van der Waals surface area contributed by atoms with Crippen molar-refractivity contribution < 1.29 is 0 Å². The lowest BCUT2D eigenvalue weighted by atomic mass is 10.1. The van der Waals surface area contributed by atoms with Gasteiger partial charge in [-0.15, -0.1) is 0 Å². The first kappa shape index (κ1) is 10.6. The van der Waals surface area contributed by atoms with Crippen LogP contribution in [0.15, 0.2) is 24.3 Å². The van der Waals surface area contributed by atoms with Crippen LogP contribution in [0.2, 0.25) is 0 Å². The molecule has 0 aromatic heterocycles. The summed E-state index contributed by atoms with van der Waals surface area (Å²) >= 11 is 0. The number of benzene rings is 1. The molecule has 0 saturated carbocycles. The zero-order valence-corrected chi connectivity index (χ0v) is 9.89. The summed E-state index contributed by atoms with van der Waals surface area (Å²) in [6.45, 7) is 2.22. The Morgan fingerprint density at radius 2 is 1.88 bits per heavy atom. The van der Waals surface area contributed by atoms with Gasteiger partial charge in [0.25, 0.3) is 0 Å².